The Bertz CT molecular complexity index is 1120. The van der Waals surface area contributed by atoms with Crippen molar-refractivity contribution in [2.24, 2.45) is 0 Å². The summed E-state index contributed by atoms with van der Waals surface area (Å²) in [6.07, 6.45) is 0.887. The Morgan fingerprint density at radius 3 is 2.35 bits per heavy atom. The van der Waals surface area contributed by atoms with Gasteiger partial charge in [-0.3, -0.25) is 4.79 Å². The first-order valence-corrected chi connectivity index (χ1v) is 10.4. The van der Waals surface area contributed by atoms with Crippen molar-refractivity contribution < 1.29 is 19.4 Å². The zero-order chi connectivity index (χ0) is 22.0. The Morgan fingerprint density at radius 2 is 1.68 bits per heavy atom. The van der Waals surface area contributed by atoms with Crippen LogP contribution in [0.4, 0.5) is 0 Å². The molecule has 0 spiro atoms. The minimum atomic E-state index is -1.03. The van der Waals surface area contributed by atoms with Crippen molar-refractivity contribution in [2.45, 2.75) is 24.9 Å². The number of rotatable bonds is 5. The molecule has 0 aliphatic carbocycles. The van der Waals surface area contributed by atoms with E-state index in [1.54, 1.807) is 18.2 Å². The second-order valence-corrected chi connectivity index (χ2v) is 7.87. The first kappa shape index (κ1) is 20.9. The predicted octanol–water partition coefficient (Wildman–Crippen LogP) is 5.45. The van der Waals surface area contributed by atoms with Crippen molar-refractivity contribution in [3.8, 4) is 16.9 Å². The highest BCUT2D eigenvalue weighted by molar-refractivity contribution is 6.31. The molecule has 5 nitrogen and oxygen atoms in total. The van der Waals surface area contributed by atoms with E-state index >= 15 is 0 Å². The number of likely N-dealkylation sites (tertiary alicyclic amines) is 1. The maximum Gasteiger partial charge on any atom is 0.326 e. The molecule has 0 radical (unpaired) electrons. The van der Waals surface area contributed by atoms with Crippen molar-refractivity contribution in [1.82, 2.24) is 4.90 Å². The van der Waals surface area contributed by atoms with Crippen molar-refractivity contribution in [1.29, 1.82) is 0 Å². The van der Waals surface area contributed by atoms with E-state index in [-0.39, 0.29) is 5.91 Å². The molecular formula is C25H22ClNO4. The summed E-state index contributed by atoms with van der Waals surface area (Å²) < 4.78 is 5.53. The Kier molecular flexibility index (Phi) is 5.96. The maximum atomic E-state index is 13.6. The van der Waals surface area contributed by atoms with Gasteiger partial charge in [-0.05, 0) is 47.7 Å². The lowest BCUT2D eigenvalue weighted by molar-refractivity contribution is -0.141. The molecule has 158 valence electrons. The summed E-state index contributed by atoms with van der Waals surface area (Å²) in [7, 11) is 1.51. The van der Waals surface area contributed by atoms with E-state index in [4.69, 9.17) is 16.3 Å². The number of ether oxygens (including phenoxy) is 1. The molecule has 1 aliphatic rings. The molecule has 6 heteroatoms. The molecule has 1 fully saturated rings. The summed E-state index contributed by atoms with van der Waals surface area (Å²) in [5, 5.41) is 10.3. The normalized spacial score (nSPS) is 18.1. The molecule has 1 aliphatic heterocycles. The van der Waals surface area contributed by atoms with Gasteiger partial charge < -0.3 is 14.7 Å². The fraction of sp³-hybridized carbons (Fsp3) is 0.200. The van der Waals surface area contributed by atoms with E-state index in [0.29, 0.717) is 29.2 Å². The van der Waals surface area contributed by atoms with E-state index in [1.807, 2.05) is 54.6 Å². The average molecular weight is 436 g/mol. The molecule has 4 rings (SSSR count). The van der Waals surface area contributed by atoms with Crippen LogP contribution in [0.2, 0.25) is 5.02 Å². The number of carboxylic acid groups (broad SMARTS) is 1. The summed E-state index contributed by atoms with van der Waals surface area (Å²) in [6.45, 7) is 0. The number of halogens is 1. The highest BCUT2D eigenvalue weighted by Crippen LogP contribution is 2.41. The molecule has 0 aromatic heterocycles. The van der Waals surface area contributed by atoms with Crippen LogP contribution < -0.4 is 4.74 Å². The zero-order valence-corrected chi connectivity index (χ0v) is 17.8. The molecule has 0 unspecified atom stereocenters. The molecule has 2 atom stereocenters. The molecule has 0 saturated carbocycles. The van der Waals surface area contributed by atoms with Gasteiger partial charge in [-0.15, -0.1) is 0 Å². The van der Waals surface area contributed by atoms with E-state index in [2.05, 4.69) is 0 Å². The van der Waals surface area contributed by atoms with Crippen LogP contribution in [-0.2, 0) is 4.79 Å². The highest BCUT2D eigenvalue weighted by atomic mass is 35.5. The zero-order valence-electron chi connectivity index (χ0n) is 17.0. The Hall–Kier alpha value is -3.31. The van der Waals surface area contributed by atoms with E-state index < -0.39 is 18.1 Å². The first-order valence-electron chi connectivity index (χ1n) is 10.0. The summed E-state index contributed by atoms with van der Waals surface area (Å²) in [5.74, 6) is -1.01. The van der Waals surface area contributed by atoms with Crippen molar-refractivity contribution >= 4 is 23.5 Å². The standard InChI is InChI=1S/C25H22ClNO4/c1-31-23-15-17(16-7-3-2-4-8-16)11-12-19(23)24(28)27-21(13-14-22(27)25(29)30)18-9-5-6-10-20(18)26/h2-12,15,21-22H,13-14H2,1H3,(H,29,30)/t21-,22+/m1/s1. The largest absolute Gasteiger partial charge is 0.496 e. The molecule has 31 heavy (non-hydrogen) atoms. The van der Waals surface area contributed by atoms with Crippen LogP contribution in [0.1, 0.15) is 34.8 Å². The van der Waals surface area contributed by atoms with Gasteiger partial charge >= 0.3 is 5.97 Å². The van der Waals surface area contributed by atoms with Gasteiger partial charge in [0.05, 0.1) is 18.7 Å². The SMILES string of the molecule is COc1cc(-c2ccccc2)ccc1C(=O)N1[C@@H](c2ccccc2Cl)CC[C@H]1C(=O)O. The summed E-state index contributed by atoms with van der Waals surface area (Å²) >= 11 is 6.38. The average Bonchev–Trinajstić information content (AvgIpc) is 3.24. The number of amides is 1. The predicted molar refractivity (Wildman–Crippen MR) is 119 cm³/mol. The van der Waals surface area contributed by atoms with Gasteiger partial charge in [-0.1, -0.05) is 66.2 Å². The van der Waals surface area contributed by atoms with Crippen LogP contribution >= 0.6 is 11.6 Å². The number of carboxylic acids is 1. The Labute approximate surface area is 185 Å². The van der Waals surface area contributed by atoms with E-state index in [0.717, 1.165) is 16.7 Å². The lowest BCUT2D eigenvalue weighted by Gasteiger charge is -2.30. The molecule has 3 aromatic rings. The second-order valence-electron chi connectivity index (χ2n) is 7.46. The molecular weight excluding hydrogens is 414 g/mol. The third-order valence-electron chi connectivity index (χ3n) is 5.71. The first-order chi connectivity index (χ1) is 15.0. The topological polar surface area (TPSA) is 66.8 Å². The van der Waals surface area contributed by atoms with Gasteiger partial charge in [-0.25, -0.2) is 4.79 Å². The smallest absolute Gasteiger partial charge is 0.326 e. The van der Waals surface area contributed by atoms with Crippen LogP contribution in [0.25, 0.3) is 11.1 Å². The molecule has 1 amide bonds. The number of carbonyl (C=O) groups is 2. The van der Waals surface area contributed by atoms with Gasteiger partial charge in [0.15, 0.2) is 0 Å². The van der Waals surface area contributed by atoms with Gasteiger partial charge in [0.2, 0.25) is 0 Å². The number of carbonyl (C=O) groups excluding carboxylic acids is 1. The van der Waals surface area contributed by atoms with Crippen molar-refractivity contribution in [2.75, 3.05) is 7.11 Å². The van der Waals surface area contributed by atoms with E-state index in [1.165, 1.54) is 12.0 Å². The van der Waals surface area contributed by atoms with Crippen LogP contribution in [0.3, 0.4) is 0 Å². The van der Waals surface area contributed by atoms with E-state index in [9.17, 15) is 14.7 Å². The molecule has 3 aromatic carbocycles. The fourth-order valence-corrected chi connectivity index (χ4v) is 4.47. The number of nitrogens with zero attached hydrogens (tertiary/aromatic N) is 1. The highest BCUT2D eigenvalue weighted by Gasteiger charge is 2.43. The molecule has 1 N–H and O–H groups in total. The third-order valence-corrected chi connectivity index (χ3v) is 6.05. The lowest BCUT2D eigenvalue weighted by atomic mass is 10.0. The van der Waals surface area contributed by atoms with Crippen LogP contribution in [0.15, 0.2) is 72.8 Å². The number of hydrogen-bond acceptors (Lipinski definition) is 3. The van der Waals surface area contributed by atoms with Crippen molar-refractivity contribution in [3.63, 3.8) is 0 Å². The molecule has 1 saturated heterocycles. The van der Waals surface area contributed by atoms with Gasteiger partial charge in [-0.2, -0.15) is 0 Å². The number of benzene rings is 3. The van der Waals surface area contributed by atoms with Crippen molar-refractivity contribution in [3.05, 3.63) is 88.9 Å². The summed E-state index contributed by atoms with van der Waals surface area (Å²) in [5.41, 5.74) is 2.99. The maximum absolute atomic E-state index is 13.6. The van der Waals surface area contributed by atoms with Crippen LogP contribution in [0.5, 0.6) is 5.75 Å². The quantitative estimate of drug-likeness (QED) is 0.579. The summed E-state index contributed by atoms with van der Waals surface area (Å²) in [4.78, 5) is 27.0. The number of aliphatic carboxylic acids is 1. The lowest BCUT2D eigenvalue weighted by Crippen LogP contribution is -2.42. The van der Waals surface area contributed by atoms with Crippen LogP contribution in [0, 0.1) is 0 Å². The number of methoxy groups -OCH3 is 1. The molecule has 1 heterocycles. The number of hydrogen-bond donors (Lipinski definition) is 1. The monoisotopic (exact) mass is 435 g/mol. The van der Waals surface area contributed by atoms with Gasteiger partial charge in [0, 0.05) is 5.02 Å². The van der Waals surface area contributed by atoms with Gasteiger partial charge in [0.25, 0.3) is 5.91 Å². The fourth-order valence-electron chi connectivity index (χ4n) is 4.20. The third kappa shape index (κ3) is 4.01. The second kappa shape index (κ2) is 8.82. The van der Waals surface area contributed by atoms with Crippen LogP contribution in [-0.4, -0.2) is 35.0 Å². The summed E-state index contributed by atoms with van der Waals surface area (Å²) in [6, 6.07) is 21.0. The minimum absolute atomic E-state index is 0.326. The van der Waals surface area contributed by atoms with Gasteiger partial charge in [0.1, 0.15) is 11.8 Å². The Morgan fingerprint density at radius 1 is 0.968 bits per heavy atom. The Balaban J connectivity index is 1.75. The molecule has 0 bridgehead atoms. The minimum Gasteiger partial charge on any atom is -0.496 e.